The fourth-order valence-electron chi connectivity index (χ4n) is 1.99. The second-order valence-electron chi connectivity index (χ2n) is 5.34. The number of pyridine rings is 1. The van der Waals surface area contributed by atoms with Gasteiger partial charge >= 0.3 is 0 Å². The molecule has 0 aliphatic rings. The van der Waals surface area contributed by atoms with Gasteiger partial charge in [-0.15, -0.1) is 0 Å². The number of nitrogens with one attached hydrogen (secondary N) is 1. The lowest BCUT2D eigenvalue weighted by molar-refractivity contribution is 0.0954. The van der Waals surface area contributed by atoms with Gasteiger partial charge in [-0.3, -0.25) is 9.78 Å². The van der Waals surface area contributed by atoms with E-state index in [0.717, 1.165) is 24.2 Å². The molecule has 1 amide bonds. The Hall–Kier alpha value is -2.89. The van der Waals surface area contributed by atoms with E-state index in [0.29, 0.717) is 24.5 Å². The quantitative estimate of drug-likeness (QED) is 0.560. The number of aromatic nitrogens is 1. The van der Waals surface area contributed by atoms with Crippen molar-refractivity contribution in [2.24, 2.45) is 5.10 Å². The number of hydrogen-bond acceptors (Lipinski definition) is 5. The molecule has 0 radical (unpaired) electrons. The van der Waals surface area contributed by atoms with E-state index in [4.69, 9.17) is 9.47 Å². The molecule has 0 unspecified atom stereocenters. The number of rotatable bonds is 9. The highest BCUT2D eigenvalue weighted by molar-refractivity contribution is 5.94. The number of carbonyl (C=O) groups excluding carboxylic acids is 1. The van der Waals surface area contributed by atoms with Gasteiger partial charge in [0.05, 0.1) is 25.0 Å². The van der Waals surface area contributed by atoms with Gasteiger partial charge in [0.15, 0.2) is 0 Å². The minimum Gasteiger partial charge on any atom is -0.493 e. The summed E-state index contributed by atoms with van der Waals surface area (Å²) < 4.78 is 11.4. The Morgan fingerprint density at radius 2 is 2.00 bits per heavy atom. The van der Waals surface area contributed by atoms with Crippen LogP contribution >= 0.6 is 0 Å². The van der Waals surface area contributed by atoms with Crippen LogP contribution in [0.5, 0.6) is 11.5 Å². The zero-order valence-electron chi connectivity index (χ0n) is 14.6. The van der Waals surface area contributed by atoms with E-state index >= 15 is 0 Å². The molecule has 6 heteroatoms. The Morgan fingerprint density at radius 1 is 1.20 bits per heavy atom. The topological polar surface area (TPSA) is 72.8 Å². The first-order chi connectivity index (χ1) is 12.2. The summed E-state index contributed by atoms with van der Waals surface area (Å²) >= 11 is 0. The number of amides is 1. The third-order valence-corrected chi connectivity index (χ3v) is 3.21. The second-order valence-corrected chi connectivity index (χ2v) is 5.34. The van der Waals surface area contributed by atoms with Crippen LogP contribution < -0.4 is 14.9 Å². The molecule has 1 aromatic carbocycles. The molecular weight excluding hydrogens is 318 g/mol. The normalized spacial score (nSPS) is 10.6. The summed E-state index contributed by atoms with van der Waals surface area (Å²) in [4.78, 5) is 15.9. The summed E-state index contributed by atoms with van der Waals surface area (Å²) in [5.74, 6) is 1.11. The highest BCUT2D eigenvalue weighted by atomic mass is 16.5. The molecular formula is C19H23N3O3. The minimum absolute atomic E-state index is 0.316. The number of hydrazone groups is 1. The Bertz CT molecular complexity index is 702. The average Bonchev–Trinajstić information content (AvgIpc) is 2.66. The van der Waals surface area contributed by atoms with Crippen molar-refractivity contribution in [3.63, 3.8) is 0 Å². The summed E-state index contributed by atoms with van der Waals surface area (Å²) in [6.45, 7) is 5.35. The Kier molecular flexibility index (Phi) is 7.43. The molecule has 1 heterocycles. The SMILES string of the molecule is CCCOc1ccc(/C=N/NC(=O)c2cccnc2)c(OCCC)c1. The van der Waals surface area contributed by atoms with Gasteiger partial charge in [-0.25, -0.2) is 5.43 Å². The lowest BCUT2D eigenvalue weighted by atomic mass is 10.2. The lowest BCUT2D eigenvalue weighted by Crippen LogP contribution is -2.17. The van der Waals surface area contributed by atoms with Gasteiger partial charge in [0.25, 0.3) is 5.91 Å². The van der Waals surface area contributed by atoms with Gasteiger partial charge in [-0.1, -0.05) is 13.8 Å². The first-order valence-electron chi connectivity index (χ1n) is 8.37. The minimum atomic E-state index is -0.316. The van der Waals surface area contributed by atoms with Crippen molar-refractivity contribution in [2.75, 3.05) is 13.2 Å². The molecule has 0 aliphatic heterocycles. The fourth-order valence-corrected chi connectivity index (χ4v) is 1.99. The van der Waals surface area contributed by atoms with E-state index in [-0.39, 0.29) is 5.91 Å². The number of nitrogens with zero attached hydrogens (tertiary/aromatic N) is 2. The molecule has 1 aromatic heterocycles. The van der Waals surface area contributed by atoms with Gasteiger partial charge in [0.1, 0.15) is 11.5 Å². The highest BCUT2D eigenvalue weighted by Crippen LogP contribution is 2.24. The van der Waals surface area contributed by atoms with E-state index in [1.54, 1.807) is 24.5 Å². The van der Waals surface area contributed by atoms with Crippen LogP contribution in [0.3, 0.4) is 0 Å². The van der Waals surface area contributed by atoms with Crippen LogP contribution in [0.15, 0.2) is 47.8 Å². The fraction of sp³-hybridized carbons (Fsp3) is 0.316. The number of carbonyl (C=O) groups is 1. The molecule has 2 rings (SSSR count). The van der Waals surface area contributed by atoms with Crippen molar-refractivity contribution in [3.8, 4) is 11.5 Å². The molecule has 0 saturated carbocycles. The van der Waals surface area contributed by atoms with Crippen LogP contribution in [0.4, 0.5) is 0 Å². The molecule has 132 valence electrons. The standard InChI is InChI=1S/C19H23N3O3/c1-3-10-24-17-8-7-15(18(12-17)25-11-4-2)14-21-22-19(23)16-6-5-9-20-13-16/h5-9,12-14H,3-4,10-11H2,1-2H3,(H,22,23)/b21-14+. The van der Waals surface area contributed by atoms with Crippen LogP contribution in [-0.2, 0) is 0 Å². The number of ether oxygens (including phenoxy) is 2. The first-order valence-corrected chi connectivity index (χ1v) is 8.37. The molecule has 2 aromatic rings. The van der Waals surface area contributed by atoms with Crippen molar-refractivity contribution in [3.05, 3.63) is 53.9 Å². The molecule has 0 bridgehead atoms. The summed E-state index contributed by atoms with van der Waals surface area (Å²) in [6, 6.07) is 8.93. The smallest absolute Gasteiger partial charge is 0.272 e. The van der Waals surface area contributed by atoms with E-state index in [1.807, 2.05) is 25.1 Å². The van der Waals surface area contributed by atoms with E-state index in [9.17, 15) is 4.79 Å². The third kappa shape index (κ3) is 5.91. The van der Waals surface area contributed by atoms with Crippen LogP contribution in [-0.4, -0.2) is 30.3 Å². The maximum absolute atomic E-state index is 11.9. The average molecular weight is 341 g/mol. The molecule has 0 saturated heterocycles. The predicted octanol–water partition coefficient (Wildman–Crippen LogP) is 3.42. The molecule has 0 fully saturated rings. The third-order valence-electron chi connectivity index (χ3n) is 3.21. The van der Waals surface area contributed by atoms with Crippen LogP contribution in [0.2, 0.25) is 0 Å². The van der Waals surface area contributed by atoms with Crippen LogP contribution in [0.1, 0.15) is 42.6 Å². The Balaban J connectivity index is 2.07. The van der Waals surface area contributed by atoms with E-state index in [1.165, 1.54) is 6.20 Å². The van der Waals surface area contributed by atoms with Crippen LogP contribution in [0, 0.1) is 0 Å². The van der Waals surface area contributed by atoms with Crippen molar-refractivity contribution in [2.45, 2.75) is 26.7 Å². The highest BCUT2D eigenvalue weighted by Gasteiger charge is 2.06. The predicted molar refractivity (Wildman–Crippen MR) is 97.3 cm³/mol. The number of benzene rings is 1. The molecule has 25 heavy (non-hydrogen) atoms. The van der Waals surface area contributed by atoms with E-state index in [2.05, 4.69) is 22.4 Å². The summed E-state index contributed by atoms with van der Waals surface area (Å²) in [5, 5.41) is 4.01. The monoisotopic (exact) mass is 341 g/mol. The second kappa shape index (κ2) is 10.1. The Labute approximate surface area is 147 Å². The van der Waals surface area contributed by atoms with Crippen molar-refractivity contribution in [1.29, 1.82) is 0 Å². The maximum Gasteiger partial charge on any atom is 0.272 e. The largest absolute Gasteiger partial charge is 0.493 e. The Morgan fingerprint density at radius 3 is 2.72 bits per heavy atom. The molecule has 0 spiro atoms. The molecule has 6 nitrogen and oxygen atoms in total. The van der Waals surface area contributed by atoms with E-state index < -0.39 is 0 Å². The zero-order valence-corrected chi connectivity index (χ0v) is 14.6. The van der Waals surface area contributed by atoms with Gasteiger partial charge in [-0.05, 0) is 37.1 Å². The van der Waals surface area contributed by atoms with Crippen molar-refractivity contribution in [1.82, 2.24) is 10.4 Å². The first kappa shape index (κ1) is 18.4. The summed E-state index contributed by atoms with van der Waals surface area (Å²) in [7, 11) is 0. The number of hydrogen-bond donors (Lipinski definition) is 1. The van der Waals surface area contributed by atoms with Crippen LogP contribution in [0.25, 0.3) is 0 Å². The molecule has 0 atom stereocenters. The van der Waals surface area contributed by atoms with Gasteiger partial charge in [0.2, 0.25) is 0 Å². The summed E-state index contributed by atoms with van der Waals surface area (Å²) in [6.07, 6.45) is 6.49. The van der Waals surface area contributed by atoms with Gasteiger partial charge in [-0.2, -0.15) is 5.10 Å². The van der Waals surface area contributed by atoms with Crippen molar-refractivity contribution >= 4 is 12.1 Å². The summed E-state index contributed by atoms with van der Waals surface area (Å²) in [5.41, 5.74) is 3.70. The molecule has 1 N–H and O–H groups in total. The lowest BCUT2D eigenvalue weighted by Gasteiger charge is -2.11. The van der Waals surface area contributed by atoms with Gasteiger partial charge < -0.3 is 9.47 Å². The zero-order chi connectivity index (χ0) is 17.9. The molecule has 0 aliphatic carbocycles. The van der Waals surface area contributed by atoms with Crippen molar-refractivity contribution < 1.29 is 14.3 Å². The maximum atomic E-state index is 11.9. The van der Waals surface area contributed by atoms with Gasteiger partial charge in [0, 0.05) is 24.0 Å².